The second kappa shape index (κ2) is 8.79. The van der Waals surface area contributed by atoms with Crippen molar-refractivity contribution >= 4 is 26.8 Å². The molecule has 0 aliphatic heterocycles. The molecule has 0 aliphatic carbocycles. The number of unbranched alkanes of at least 4 members (excludes halogenated alkanes) is 2. The van der Waals surface area contributed by atoms with Crippen LogP contribution in [0.3, 0.4) is 0 Å². The summed E-state index contributed by atoms with van der Waals surface area (Å²) in [5.41, 5.74) is 0.739. The summed E-state index contributed by atoms with van der Waals surface area (Å²) in [5, 5.41) is 4.54. The van der Waals surface area contributed by atoms with E-state index in [-0.39, 0.29) is 17.8 Å². The first-order chi connectivity index (χ1) is 14.6. The molecule has 0 bridgehead atoms. The van der Waals surface area contributed by atoms with Gasteiger partial charge < -0.3 is 4.52 Å². The summed E-state index contributed by atoms with van der Waals surface area (Å²) >= 11 is 3.43. The number of fused-ring (bicyclic) bond motifs is 1. The van der Waals surface area contributed by atoms with Crippen molar-refractivity contribution in [2.75, 3.05) is 0 Å². The number of halogens is 1. The van der Waals surface area contributed by atoms with E-state index >= 15 is 0 Å². The van der Waals surface area contributed by atoms with Crippen LogP contribution in [0.2, 0.25) is 0 Å². The maximum Gasteiger partial charge on any atom is 0.331 e. The zero-order valence-corrected chi connectivity index (χ0v) is 18.1. The zero-order valence-electron chi connectivity index (χ0n) is 16.5. The van der Waals surface area contributed by atoms with Gasteiger partial charge in [-0.1, -0.05) is 65.1 Å². The van der Waals surface area contributed by atoms with Crippen LogP contribution in [0.25, 0.3) is 22.3 Å². The van der Waals surface area contributed by atoms with E-state index in [0.717, 1.165) is 29.3 Å². The van der Waals surface area contributed by atoms with Crippen LogP contribution in [0, 0.1) is 0 Å². The first-order valence-electron chi connectivity index (χ1n) is 9.89. The average molecular weight is 469 g/mol. The molecule has 0 saturated heterocycles. The molecule has 0 spiro atoms. The van der Waals surface area contributed by atoms with Gasteiger partial charge in [-0.25, -0.2) is 4.79 Å². The van der Waals surface area contributed by atoms with Crippen molar-refractivity contribution in [2.45, 2.75) is 39.3 Å². The third-order valence-electron chi connectivity index (χ3n) is 4.96. The highest BCUT2D eigenvalue weighted by Gasteiger charge is 2.16. The standard InChI is InChI=1S/C22H21BrN4O3/c1-2-3-6-12-26-21(28)17-10-4-5-11-18(17)27(22(26)29)14-19-24-20(25-30-19)15-8-7-9-16(23)13-15/h4-5,7-11,13H,2-3,6,12,14H2,1H3. The Kier molecular flexibility index (Phi) is 5.94. The molecule has 0 unspecified atom stereocenters. The monoisotopic (exact) mass is 468 g/mol. The lowest BCUT2D eigenvalue weighted by Crippen LogP contribution is -2.40. The summed E-state index contributed by atoms with van der Waals surface area (Å²) in [7, 11) is 0. The van der Waals surface area contributed by atoms with Crippen molar-refractivity contribution in [3.8, 4) is 11.4 Å². The van der Waals surface area contributed by atoms with Crippen LogP contribution in [-0.4, -0.2) is 19.3 Å². The summed E-state index contributed by atoms with van der Waals surface area (Å²) < 4.78 is 9.16. The lowest BCUT2D eigenvalue weighted by Gasteiger charge is -2.12. The molecule has 2 aromatic carbocycles. The van der Waals surface area contributed by atoms with E-state index in [2.05, 4.69) is 33.0 Å². The predicted octanol–water partition coefficient (Wildman–Crippen LogP) is 4.21. The van der Waals surface area contributed by atoms with Gasteiger partial charge in [0.05, 0.1) is 10.9 Å². The lowest BCUT2D eigenvalue weighted by atomic mass is 10.2. The minimum absolute atomic E-state index is 0.0917. The van der Waals surface area contributed by atoms with Crippen LogP contribution in [0.15, 0.2) is 67.1 Å². The van der Waals surface area contributed by atoms with Gasteiger partial charge in [0.25, 0.3) is 5.56 Å². The third kappa shape index (κ3) is 4.00. The molecule has 0 aliphatic rings. The van der Waals surface area contributed by atoms with Gasteiger partial charge in [-0.2, -0.15) is 4.98 Å². The van der Waals surface area contributed by atoms with E-state index in [9.17, 15) is 9.59 Å². The first-order valence-corrected chi connectivity index (χ1v) is 10.7. The molecule has 0 amide bonds. The number of rotatable bonds is 7. The normalized spacial score (nSPS) is 11.3. The number of para-hydroxylation sites is 1. The van der Waals surface area contributed by atoms with Crippen LogP contribution < -0.4 is 11.2 Å². The van der Waals surface area contributed by atoms with E-state index < -0.39 is 0 Å². The summed E-state index contributed by atoms with van der Waals surface area (Å²) in [6, 6.07) is 14.7. The molecular formula is C22H21BrN4O3. The molecule has 2 aromatic heterocycles. The number of hydrogen-bond donors (Lipinski definition) is 0. The van der Waals surface area contributed by atoms with E-state index in [1.807, 2.05) is 24.3 Å². The molecule has 8 heteroatoms. The van der Waals surface area contributed by atoms with Crippen LogP contribution in [0.5, 0.6) is 0 Å². The van der Waals surface area contributed by atoms with Crippen LogP contribution >= 0.6 is 15.9 Å². The zero-order chi connectivity index (χ0) is 21.1. The Balaban J connectivity index is 1.75. The van der Waals surface area contributed by atoms with E-state index in [0.29, 0.717) is 29.2 Å². The topological polar surface area (TPSA) is 82.9 Å². The Morgan fingerprint density at radius 1 is 1.03 bits per heavy atom. The molecule has 0 saturated carbocycles. The Labute approximate surface area is 181 Å². The largest absolute Gasteiger partial charge is 0.337 e. The molecular weight excluding hydrogens is 448 g/mol. The summed E-state index contributed by atoms with van der Waals surface area (Å²) in [5.74, 6) is 0.746. The maximum absolute atomic E-state index is 13.2. The van der Waals surface area contributed by atoms with E-state index in [1.54, 1.807) is 24.3 Å². The van der Waals surface area contributed by atoms with Gasteiger partial charge in [0.1, 0.15) is 6.54 Å². The molecule has 30 heavy (non-hydrogen) atoms. The first kappa shape index (κ1) is 20.3. The van der Waals surface area contributed by atoms with Gasteiger partial charge in [-0.3, -0.25) is 13.9 Å². The summed E-state index contributed by atoms with van der Waals surface area (Å²) in [4.78, 5) is 30.5. The van der Waals surface area contributed by atoms with Gasteiger partial charge in [0, 0.05) is 16.6 Å². The Morgan fingerprint density at radius 2 is 1.87 bits per heavy atom. The van der Waals surface area contributed by atoms with Gasteiger partial charge in [-0.15, -0.1) is 0 Å². The summed E-state index contributed by atoms with van der Waals surface area (Å²) in [6.07, 6.45) is 2.74. The smallest absolute Gasteiger partial charge is 0.331 e. The van der Waals surface area contributed by atoms with Crippen LogP contribution in [-0.2, 0) is 13.1 Å². The third-order valence-corrected chi connectivity index (χ3v) is 5.46. The quantitative estimate of drug-likeness (QED) is 0.379. The highest BCUT2D eigenvalue weighted by Crippen LogP contribution is 2.20. The highest BCUT2D eigenvalue weighted by molar-refractivity contribution is 9.10. The molecule has 2 heterocycles. The fourth-order valence-corrected chi connectivity index (χ4v) is 3.84. The molecule has 7 nitrogen and oxygen atoms in total. The minimum atomic E-state index is -0.364. The van der Waals surface area contributed by atoms with Gasteiger partial charge >= 0.3 is 5.69 Å². The molecule has 154 valence electrons. The number of benzene rings is 2. The van der Waals surface area contributed by atoms with E-state index in [1.165, 1.54) is 9.13 Å². The molecule has 0 radical (unpaired) electrons. The minimum Gasteiger partial charge on any atom is -0.337 e. The predicted molar refractivity (Wildman–Crippen MR) is 119 cm³/mol. The Bertz CT molecular complexity index is 1310. The number of nitrogens with zero attached hydrogens (tertiary/aromatic N) is 4. The number of aromatic nitrogens is 4. The molecule has 0 fully saturated rings. The van der Waals surface area contributed by atoms with Crippen molar-refractivity contribution in [3.05, 3.63) is 79.7 Å². The molecule has 4 aromatic rings. The van der Waals surface area contributed by atoms with Crippen molar-refractivity contribution in [3.63, 3.8) is 0 Å². The summed E-state index contributed by atoms with van der Waals surface area (Å²) in [6.45, 7) is 2.57. The Morgan fingerprint density at radius 3 is 2.67 bits per heavy atom. The molecule has 4 rings (SSSR count). The van der Waals surface area contributed by atoms with Crippen LogP contribution in [0.4, 0.5) is 0 Å². The lowest BCUT2D eigenvalue weighted by molar-refractivity contribution is 0.369. The van der Waals surface area contributed by atoms with Crippen molar-refractivity contribution < 1.29 is 4.52 Å². The average Bonchev–Trinajstić information content (AvgIpc) is 3.22. The van der Waals surface area contributed by atoms with Crippen molar-refractivity contribution in [1.29, 1.82) is 0 Å². The highest BCUT2D eigenvalue weighted by atomic mass is 79.9. The SMILES string of the molecule is CCCCCn1c(=O)c2ccccc2n(Cc2nc(-c3cccc(Br)c3)no2)c1=O. The van der Waals surface area contributed by atoms with Crippen molar-refractivity contribution in [2.24, 2.45) is 0 Å². The molecule has 0 atom stereocenters. The van der Waals surface area contributed by atoms with Crippen LogP contribution in [0.1, 0.15) is 32.1 Å². The number of hydrogen-bond acceptors (Lipinski definition) is 5. The fraction of sp³-hybridized carbons (Fsp3) is 0.273. The van der Waals surface area contributed by atoms with Gasteiger partial charge in [0.2, 0.25) is 11.7 Å². The fourth-order valence-electron chi connectivity index (χ4n) is 3.44. The van der Waals surface area contributed by atoms with Gasteiger partial charge in [0.15, 0.2) is 0 Å². The second-order valence-electron chi connectivity index (χ2n) is 7.07. The molecule has 0 N–H and O–H groups in total. The second-order valence-corrected chi connectivity index (χ2v) is 7.99. The van der Waals surface area contributed by atoms with Crippen molar-refractivity contribution in [1.82, 2.24) is 19.3 Å². The van der Waals surface area contributed by atoms with E-state index in [4.69, 9.17) is 4.52 Å². The maximum atomic E-state index is 13.2. The Hall–Kier alpha value is -3.00. The van der Waals surface area contributed by atoms with Gasteiger partial charge in [-0.05, 0) is 30.7 Å².